The van der Waals surface area contributed by atoms with E-state index >= 15 is 0 Å². The van der Waals surface area contributed by atoms with Crippen LogP contribution in [0.5, 0.6) is 0 Å². The number of halogens is 2. The van der Waals surface area contributed by atoms with Gasteiger partial charge in [0.2, 0.25) is 5.91 Å². The lowest BCUT2D eigenvalue weighted by atomic mass is 9.90. The van der Waals surface area contributed by atoms with Crippen LogP contribution in [0.25, 0.3) is 0 Å². The van der Waals surface area contributed by atoms with E-state index in [2.05, 4.69) is 20.9 Å². The zero-order chi connectivity index (χ0) is 19.2. The summed E-state index contributed by atoms with van der Waals surface area (Å²) in [6.45, 7) is 3.06. The Morgan fingerprint density at radius 2 is 2.04 bits per heavy atom. The van der Waals surface area contributed by atoms with Crippen molar-refractivity contribution >= 4 is 17.6 Å². The molecule has 1 unspecified atom stereocenters. The monoisotopic (exact) mass is 372 g/mol. The highest BCUT2D eigenvalue weighted by Gasteiger charge is 2.24. The van der Waals surface area contributed by atoms with Crippen LogP contribution in [0.15, 0.2) is 47.5 Å². The maximum absolute atomic E-state index is 13.8. The van der Waals surface area contributed by atoms with E-state index in [1.807, 2.05) is 31.2 Å². The molecule has 3 N–H and O–H groups in total. The number of guanidine groups is 1. The number of rotatable bonds is 5. The third kappa shape index (κ3) is 4.81. The van der Waals surface area contributed by atoms with Crippen molar-refractivity contribution in [2.24, 2.45) is 4.99 Å². The maximum Gasteiger partial charge on any atom is 0.225 e. The van der Waals surface area contributed by atoms with E-state index in [9.17, 15) is 13.6 Å². The number of carbonyl (C=O) groups excluding carboxylic acids is 1. The summed E-state index contributed by atoms with van der Waals surface area (Å²) in [5, 5.41) is 9.15. The molecular weight excluding hydrogens is 350 g/mol. The van der Waals surface area contributed by atoms with Crippen LogP contribution in [0.3, 0.4) is 0 Å². The van der Waals surface area contributed by atoms with Crippen LogP contribution >= 0.6 is 0 Å². The molecule has 3 rings (SSSR count). The van der Waals surface area contributed by atoms with Crippen molar-refractivity contribution in [3.8, 4) is 0 Å². The van der Waals surface area contributed by atoms with E-state index in [1.165, 1.54) is 0 Å². The average molecular weight is 372 g/mol. The van der Waals surface area contributed by atoms with Gasteiger partial charge in [0.05, 0.1) is 6.54 Å². The molecule has 2 aromatic carbocycles. The van der Waals surface area contributed by atoms with Crippen molar-refractivity contribution < 1.29 is 13.6 Å². The molecule has 0 aliphatic carbocycles. The van der Waals surface area contributed by atoms with Gasteiger partial charge in [-0.15, -0.1) is 0 Å². The Morgan fingerprint density at radius 3 is 2.85 bits per heavy atom. The molecule has 0 saturated heterocycles. The lowest BCUT2D eigenvalue weighted by molar-refractivity contribution is -0.116. The molecule has 0 aromatic heterocycles. The largest absolute Gasteiger partial charge is 0.357 e. The van der Waals surface area contributed by atoms with Gasteiger partial charge in [-0.25, -0.2) is 13.8 Å². The second-order valence-corrected chi connectivity index (χ2v) is 6.35. The fraction of sp³-hybridized carbons (Fsp3) is 0.300. The van der Waals surface area contributed by atoms with E-state index < -0.39 is 11.6 Å². The highest BCUT2D eigenvalue weighted by molar-refractivity contribution is 5.94. The van der Waals surface area contributed by atoms with Crippen molar-refractivity contribution in [1.29, 1.82) is 0 Å². The number of hydrogen-bond acceptors (Lipinski definition) is 2. The topological polar surface area (TPSA) is 65.5 Å². The van der Waals surface area contributed by atoms with Crippen molar-refractivity contribution in [3.05, 3.63) is 65.2 Å². The molecular formula is C20H22F2N4O. The number of nitrogens with zero attached hydrogens (tertiary/aromatic N) is 1. The molecule has 0 saturated carbocycles. The van der Waals surface area contributed by atoms with Gasteiger partial charge in [-0.2, -0.15) is 0 Å². The van der Waals surface area contributed by atoms with Crippen LogP contribution in [0.1, 0.15) is 30.4 Å². The molecule has 1 aliphatic heterocycles. The Balaban J connectivity index is 1.70. The summed E-state index contributed by atoms with van der Waals surface area (Å²) in [6, 6.07) is 11.0. The maximum atomic E-state index is 13.8. The predicted octanol–water partition coefficient (Wildman–Crippen LogP) is 3.15. The van der Waals surface area contributed by atoms with Gasteiger partial charge in [-0.05, 0) is 36.8 Å². The quantitative estimate of drug-likeness (QED) is 0.558. The smallest absolute Gasteiger partial charge is 0.225 e. The molecule has 2 aromatic rings. The van der Waals surface area contributed by atoms with Crippen LogP contribution in [-0.2, 0) is 11.3 Å². The van der Waals surface area contributed by atoms with Crippen LogP contribution in [-0.4, -0.2) is 25.0 Å². The molecule has 5 nitrogen and oxygen atoms in total. The lowest BCUT2D eigenvalue weighted by Gasteiger charge is -2.26. The fourth-order valence-corrected chi connectivity index (χ4v) is 3.07. The summed E-state index contributed by atoms with van der Waals surface area (Å²) >= 11 is 0. The predicted molar refractivity (Wildman–Crippen MR) is 102 cm³/mol. The third-order valence-corrected chi connectivity index (χ3v) is 4.38. The highest BCUT2D eigenvalue weighted by Crippen LogP contribution is 2.31. The Morgan fingerprint density at radius 1 is 1.22 bits per heavy atom. The molecule has 27 heavy (non-hydrogen) atoms. The first-order chi connectivity index (χ1) is 13.1. The summed E-state index contributed by atoms with van der Waals surface area (Å²) in [7, 11) is 0. The number of carbonyl (C=O) groups is 1. The summed E-state index contributed by atoms with van der Waals surface area (Å²) < 4.78 is 27.1. The molecule has 0 fully saturated rings. The highest BCUT2D eigenvalue weighted by atomic mass is 19.1. The molecule has 1 atom stereocenters. The van der Waals surface area contributed by atoms with Crippen molar-refractivity contribution in [2.45, 2.75) is 25.8 Å². The molecule has 0 radical (unpaired) electrons. The van der Waals surface area contributed by atoms with Gasteiger partial charge in [-0.3, -0.25) is 4.79 Å². The van der Waals surface area contributed by atoms with Crippen molar-refractivity contribution in [1.82, 2.24) is 10.6 Å². The average Bonchev–Trinajstić information content (AvgIpc) is 2.66. The molecule has 1 heterocycles. The summed E-state index contributed by atoms with van der Waals surface area (Å²) in [6.07, 6.45) is 0.377. The van der Waals surface area contributed by atoms with E-state index in [4.69, 9.17) is 0 Å². The summed E-state index contributed by atoms with van der Waals surface area (Å²) in [5.41, 5.74) is 2.08. The van der Waals surface area contributed by atoms with Gasteiger partial charge in [0.25, 0.3) is 0 Å². The van der Waals surface area contributed by atoms with Gasteiger partial charge in [0, 0.05) is 36.7 Å². The van der Waals surface area contributed by atoms with Gasteiger partial charge < -0.3 is 16.0 Å². The third-order valence-electron chi connectivity index (χ3n) is 4.38. The van der Waals surface area contributed by atoms with E-state index in [1.54, 1.807) is 0 Å². The minimum atomic E-state index is -0.496. The minimum absolute atomic E-state index is 0.00436. The lowest BCUT2D eigenvalue weighted by Crippen LogP contribution is -2.40. The zero-order valence-electron chi connectivity index (χ0n) is 15.1. The van der Waals surface area contributed by atoms with Gasteiger partial charge >= 0.3 is 0 Å². The molecule has 1 aliphatic rings. The second kappa shape index (κ2) is 8.62. The minimum Gasteiger partial charge on any atom is -0.357 e. The fourth-order valence-electron chi connectivity index (χ4n) is 3.07. The van der Waals surface area contributed by atoms with Crippen molar-refractivity contribution in [2.75, 3.05) is 18.4 Å². The number of benzene rings is 2. The molecule has 0 bridgehead atoms. The molecule has 7 heteroatoms. The van der Waals surface area contributed by atoms with E-state index in [-0.39, 0.29) is 23.9 Å². The van der Waals surface area contributed by atoms with E-state index in [0.717, 1.165) is 29.4 Å². The first-order valence-electron chi connectivity index (χ1n) is 8.91. The number of hydrogen-bond donors (Lipinski definition) is 3. The SMILES string of the molecule is CCNC(=NCc1cc(F)ccc1F)NCC1CC(=O)Nc2ccccc21. The van der Waals surface area contributed by atoms with Gasteiger partial charge in [-0.1, -0.05) is 18.2 Å². The number of para-hydroxylation sites is 1. The Labute approximate surface area is 156 Å². The first kappa shape index (κ1) is 18.8. The van der Waals surface area contributed by atoms with Gasteiger partial charge in [0.15, 0.2) is 5.96 Å². The van der Waals surface area contributed by atoms with Crippen LogP contribution in [0, 0.1) is 11.6 Å². The van der Waals surface area contributed by atoms with Crippen molar-refractivity contribution in [3.63, 3.8) is 0 Å². The molecule has 142 valence electrons. The number of fused-ring (bicyclic) bond motifs is 1. The Kier molecular flexibility index (Phi) is 6.01. The van der Waals surface area contributed by atoms with Gasteiger partial charge in [0.1, 0.15) is 11.6 Å². The normalized spacial score (nSPS) is 16.5. The second-order valence-electron chi connectivity index (χ2n) is 6.35. The summed E-state index contributed by atoms with van der Waals surface area (Å²) in [5.74, 6) is -0.517. The summed E-state index contributed by atoms with van der Waals surface area (Å²) in [4.78, 5) is 16.3. The standard InChI is InChI=1S/C20H22F2N4O/c1-2-23-20(25-12-14-9-15(21)7-8-17(14)22)24-11-13-10-19(27)26-18-6-4-3-5-16(13)18/h3-9,13H,2,10-12H2,1H3,(H,26,27)(H2,23,24,25). The zero-order valence-corrected chi connectivity index (χ0v) is 15.1. The molecule has 1 amide bonds. The number of amides is 1. The number of nitrogens with one attached hydrogen (secondary N) is 3. The Bertz CT molecular complexity index is 854. The number of anilines is 1. The first-order valence-corrected chi connectivity index (χ1v) is 8.91. The number of aliphatic imine (C=N–C) groups is 1. The van der Waals surface area contributed by atoms with E-state index in [0.29, 0.717) is 25.5 Å². The molecule has 0 spiro atoms. The Hall–Kier alpha value is -2.96. The van der Waals surface area contributed by atoms with Crippen LogP contribution in [0.2, 0.25) is 0 Å². The van der Waals surface area contributed by atoms with Crippen LogP contribution < -0.4 is 16.0 Å². The van der Waals surface area contributed by atoms with Crippen LogP contribution in [0.4, 0.5) is 14.5 Å².